The monoisotopic (exact) mass is 474 g/mol. The SMILES string of the molecule is COC(=O)c1c(-c2cc(OC)c(C)c(OC)c2)c2ccc(O)cc2c(=O)n1-c1ccc(CN)cc1. The molecule has 0 saturated heterocycles. The van der Waals surface area contributed by atoms with E-state index in [4.69, 9.17) is 19.9 Å². The minimum Gasteiger partial charge on any atom is -0.508 e. The fourth-order valence-corrected chi connectivity index (χ4v) is 4.23. The normalized spacial score (nSPS) is 10.9. The number of carbonyl (C=O) groups excluding carboxylic acids is 1. The van der Waals surface area contributed by atoms with E-state index in [1.807, 2.05) is 6.92 Å². The number of nitrogens with two attached hydrogens (primary N) is 1. The molecule has 0 aliphatic heterocycles. The molecule has 0 aliphatic carbocycles. The lowest BCUT2D eigenvalue weighted by molar-refractivity contribution is 0.0591. The Bertz CT molecular complexity index is 1460. The molecular formula is C27H26N2O6. The molecule has 0 bridgehead atoms. The van der Waals surface area contributed by atoms with E-state index in [-0.39, 0.29) is 16.8 Å². The number of nitrogens with zero attached hydrogens (tertiary/aromatic N) is 1. The number of rotatable bonds is 6. The molecule has 8 heteroatoms. The Morgan fingerprint density at radius 1 is 0.943 bits per heavy atom. The lowest BCUT2D eigenvalue weighted by atomic mass is 9.94. The van der Waals surface area contributed by atoms with Crippen molar-refractivity contribution in [1.82, 2.24) is 4.57 Å². The third-order valence-corrected chi connectivity index (χ3v) is 6.02. The molecule has 4 rings (SSSR count). The second-order valence-corrected chi connectivity index (χ2v) is 7.96. The van der Waals surface area contributed by atoms with Crippen molar-refractivity contribution in [1.29, 1.82) is 0 Å². The number of pyridine rings is 1. The minimum absolute atomic E-state index is 0.0316. The molecule has 1 heterocycles. The summed E-state index contributed by atoms with van der Waals surface area (Å²) >= 11 is 0. The van der Waals surface area contributed by atoms with Crippen LogP contribution in [0.15, 0.2) is 59.4 Å². The van der Waals surface area contributed by atoms with Crippen LogP contribution in [0, 0.1) is 6.92 Å². The predicted octanol–water partition coefficient (Wildman–Crippen LogP) is 3.93. The zero-order chi connectivity index (χ0) is 25.3. The number of hydrogen-bond acceptors (Lipinski definition) is 7. The Balaban J connectivity index is 2.23. The van der Waals surface area contributed by atoms with Crippen molar-refractivity contribution in [2.24, 2.45) is 5.73 Å². The number of benzene rings is 3. The van der Waals surface area contributed by atoms with E-state index in [0.717, 1.165) is 11.1 Å². The van der Waals surface area contributed by atoms with Crippen molar-refractivity contribution in [3.63, 3.8) is 0 Å². The average molecular weight is 475 g/mol. The summed E-state index contributed by atoms with van der Waals surface area (Å²) in [6.45, 7) is 2.19. The van der Waals surface area contributed by atoms with Crippen LogP contribution in [0.4, 0.5) is 0 Å². The van der Waals surface area contributed by atoms with Crippen molar-refractivity contribution in [2.45, 2.75) is 13.5 Å². The third-order valence-electron chi connectivity index (χ3n) is 6.02. The number of aromatic nitrogens is 1. The van der Waals surface area contributed by atoms with Gasteiger partial charge in [-0.15, -0.1) is 0 Å². The highest BCUT2D eigenvalue weighted by atomic mass is 16.5. The summed E-state index contributed by atoms with van der Waals surface area (Å²) < 4.78 is 17.5. The van der Waals surface area contributed by atoms with Gasteiger partial charge in [-0.1, -0.05) is 12.1 Å². The van der Waals surface area contributed by atoms with Crippen molar-refractivity contribution < 1.29 is 24.1 Å². The summed E-state index contributed by atoms with van der Waals surface area (Å²) in [6, 6.07) is 15.0. The lowest BCUT2D eigenvalue weighted by Gasteiger charge is -2.20. The Hall–Kier alpha value is -4.30. The molecular weight excluding hydrogens is 448 g/mol. The van der Waals surface area contributed by atoms with Crippen LogP contribution < -0.4 is 20.8 Å². The first-order valence-electron chi connectivity index (χ1n) is 10.9. The lowest BCUT2D eigenvalue weighted by Crippen LogP contribution is -2.27. The summed E-state index contributed by atoms with van der Waals surface area (Å²) in [5, 5.41) is 10.9. The van der Waals surface area contributed by atoms with Crippen molar-refractivity contribution in [3.8, 4) is 34.1 Å². The zero-order valence-corrected chi connectivity index (χ0v) is 19.9. The summed E-state index contributed by atoms with van der Waals surface area (Å²) in [5.41, 5.74) is 8.40. The Morgan fingerprint density at radius 2 is 1.57 bits per heavy atom. The van der Waals surface area contributed by atoms with Crippen molar-refractivity contribution in [3.05, 3.63) is 81.8 Å². The van der Waals surface area contributed by atoms with Crippen molar-refractivity contribution in [2.75, 3.05) is 21.3 Å². The smallest absolute Gasteiger partial charge is 0.355 e. The van der Waals surface area contributed by atoms with Crippen LogP contribution >= 0.6 is 0 Å². The molecule has 0 aliphatic rings. The number of ether oxygens (including phenoxy) is 3. The molecule has 1 aromatic heterocycles. The van der Waals surface area contributed by atoms with E-state index < -0.39 is 11.5 Å². The van der Waals surface area contributed by atoms with Gasteiger partial charge in [-0.3, -0.25) is 9.36 Å². The van der Waals surface area contributed by atoms with Gasteiger partial charge in [0.15, 0.2) is 0 Å². The van der Waals surface area contributed by atoms with E-state index in [2.05, 4.69) is 0 Å². The summed E-state index contributed by atoms with van der Waals surface area (Å²) in [7, 11) is 4.35. The van der Waals surface area contributed by atoms with E-state index in [1.165, 1.54) is 23.8 Å². The highest BCUT2D eigenvalue weighted by molar-refractivity contribution is 6.07. The molecule has 3 aromatic carbocycles. The van der Waals surface area contributed by atoms with Gasteiger partial charge in [-0.2, -0.15) is 0 Å². The van der Waals surface area contributed by atoms with Gasteiger partial charge in [-0.05, 0) is 65.9 Å². The van der Waals surface area contributed by atoms with Crippen LogP contribution in [0.1, 0.15) is 21.6 Å². The van der Waals surface area contributed by atoms with Crippen LogP contribution in [0.5, 0.6) is 17.2 Å². The van der Waals surface area contributed by atoms with Crippen LogP contribution in [-0.2, 0) is 11.3 Å². The minimum atomic E-state index is -0.700. The van der Waals surface area contributed by atoms with Gasteiger partial charge in [0.25, 0.3) is 5.56 Å². The molecule has 0 unspecified atom stereocenters. The number of phenolic OH excluding ortho intramolecular Hbond substituents is 1. The van der Waals surface area contributed by atoms with E-state index >= 15 is 0 Å². The molecule has 0 amide bonds. The van der Waals surface area contributed by atoms with E-state index in [9.17, 15) is 14.7 Å². The number of aromatic hydroxyl groups is 1. The molecule has 3 N–H and O–H groups in total. The third kappa shape index (κ3) is 4.08. The zero-order valence-electron chi connectivity index (χ0n) is 19.9. The summed E-state index contributed by atoms with van der Waals surface area (Å²) in [5.74, 6) is 0.322. The van der Waals surface area contributed by atoms with Gasteiger partial charge in [0.1, 0.15) is 22.9 Å². The molecule has 0 atom stereocenters. The van der Waals surface area contributed by atoms with E-state index in [0.29, 0.717) is 40.2 Å². The van der Waals surface area contributed by atoms with Crippen LogP contribution in [0.3, 0.4) is 0 Å². The molecule has 0 spiro atoms. The van der Waals surface area contributed by atoms with Crippen LogP contribution in [-0.4, -0.2) is 37.0 Å². The Labute approximate surface area is 202 Å². The Kier molecular flexibility index (Phi) is 6.48. The highest BCUT2D eigenvalue weighted by Crippen LogP contribution is 2.39. The number of esters is 1. The van der Waals surface area contributed by atoms with Gasteiger partial charge in [-0.25, -0.2) is 4.79 Å². The topological polar surface area (TPSA) is 113 Å². The first-order valence-corrected chi connectivity index (χ1v) is 10.9. The molecule has 0 radical (unpaired) electrons. The fourth-order valence-electron chi connectivity index (χ4n) is 4.23. The van der Waals surface area contributed by atoms with Gasteiger partial charge in [0.2, 0.25) is 0 Å². The standard InChI is InChI=1S/C27H26N2O6/c1-15-22(33-2)11-17(12-23(15)34-3)24-20-10-9-19(30)13-21(20)26(31)29(25(24)27(32)35-4)18-7-5-16(14-28)6-8-18/h5-13,30H,14,28H2,1-4H3. The van der Waals surface area contributed by atoms with Gasteiger partial charge in [0.05, 0.1) is 26.7 Å². The maximum Gasteiger partial charge on any atom is 0.355 e. The molecule has 8 nitrogen and oxygen atoms in total. The molecule has 35 heavy (non-hydrogen) atoms. The molecule has 0 fully saturated rings. The maximum absolute atomic E-state index is 13.7. The Morgan fingerprint density at radius 3 is 2.11 bits per heavy atom. The highest BCUT2D eigenvalue weighted by Gasteiger charge is 2.26. The first kappa shape index (κ1) is 23.8. The summed E-state index contributed by atoms with van der Waals surface area (Å²) in [4.78, 5) is 27.0. The number of hydrogen-bond donors (Lipinski definition) is 2. The second kappa shape index (κ2) is 9.52. The maximum atomic E-state index is 13.7. The first-order chi connectivity index (χ1) is 16.8. The number of methoxy groups -OCH3 is 3. The van der Waals surface area contributed by atoms with Gasteiger partial charge in [0, 0.05) is 23.4 Å². The second-order valence-electron chi connectivity index (χ2n) is 7.96. The quantitative estimate of drug-likeness (QED) is 0.407. The molecule has 180 valence electrons. The van der Waals surface area contributed by atoms with Crippen LogP contribution in [0.25, 0.3) is 27.6 Å². The average Bonchev–Trinajstić information content (AvgIpc) is 2.88. The number of carbonyl (C=O) groups is 1. The largest absolute Gasteiger partial charge is 0.508 e. The number of fused-ring (bicyclic) bond motifs is 1. The van der Waals surface area contributed by atoms with Crippen LogP contribution in [0.2, 0.25) is 0 Å². The fraction of sp³-hybridized carbons (Fsp3) is 0.185. The summed E-state index contributed by atoms with van der Waals surface area (Å²) in [6.07, 6.45) is 0. The van der Waals surface area contributed by atoms with Crippen molar-refractivity contribution >= 4 is 16.7 Å². The van der Waals surface area contributed by atoms with Gasteiger partial charge < -0.3 is 25.1 Å². The van der Waals surface area contributed by atoms with Gasteiger partial charge >= 0.3 is 5.97 Å². The molecule has 4 aromatic rings. The van der Waals surface area contributed by atoms with E-state index in [1.54, 1.807) is 56.7 Å². The predicted molar refractivity (Wildman–Crippen MR) is 134 cm³/mol. The number of phenols is 1. The molecule has 0 saturated carbocycles.